The summed E-state index contributed by atoms with van der Waals surface area (Å²) in [6.45, 7) is 1.88. The summed E-state index contributed by atoms with van der Waals surface area (Å²) in [6, 6.07) is 16.1. The molecule has 35 heavy (non-hydrogen) atoms. The van der Waals surface area contributed by atoms with Gasteiger partial charge < -0.3 is 15.2 Å². The number of thiazole rings is 1. The first-order valence-electron chi connectivity index (χ1n) is 11.5. The van der Waals surface area contributed by atoms with E-state index in [9.17, 15) is 14.4 Å². The normalized spacial score (nSPS) is 18.5. The fourth-order valence-corrected chi connectivity index (χ4v) is 5.83. The topological polar surface area (TPSA) is 118 Å². The summed E-state index contributed by atoms with van der Waals surface area (Å²) in [5, 5.41) is 15.0. The second-order valence-corrected chi connectivity index (χ2v) is 9.90. The van der Waals surface area contributed by atoms with Gasteiger partial charge in [-0.25, -0.2) is 9.78 Å². The number of benzene rings is 2. The van der Waals surface area contributed by atoms with E-state index in [-0.39, 0.29) is 29.6 Å². The molecule has 1 fully saturated rings. The largest absolute Gasteiger partial charge is 0.481 e. The van der Waals surface area contributed by atoms with E-state index in [0.717, 1.165) is 33.6 Å². The number of aliphatic carboxylic acids is 1. The van der Waals surface area contributed by atoms with E-state index < -0.39 is 18.0 Å². The SMILES string of the molecule is Cc1nc(NC(=O)OCC2c3ccccc3-c3ccccc32)sc1C(=O)NC1CCC(C(=O)O)C1. The monoisotopic (exact) mass is 491 g/mol. The summed E-state index contributed by atoms with van der Waals surface area (Å²) < 4.78 is 5.56. The molecule has 0 radical (unpaired) electrons. The maximum absolute atomic E-state index is 12.7. The lowest BCUT2D eigenvalue weighted by Gasteiger charge is -2.14. The Balaban J connectivity index is 1.20. The molecule has 2 aromatic carbocycles. The highest BCUT2D eigenvalue weighted by Gasteiger charge is 2.32. The Labute approximate surface area is 206 Å². The molecule has 5 rings (SSSR count). The second kappa shape index (κ2) is 9.50. The van der Waals surface area contributed by atoms with Crippen molar-refractivity contribution in [2.45, 2.75) is 38.1 Å². The number of hydrogen-bond donors (Lipinski definition) is 3. The molecule has 8 nitrogen and oxygen atoms in total. The van der Waals surface area contributed by atoms with Gasteiger partial charge in [0.25, 0.3) is 5.91 Å². The molecule has 3 N–H and O–H groups in total. The van der Waals surface area contributed by atoms with Crippen LogP contribution in [0.25, 0.3) is 11.1 Å². The molecule has 3 aromatic rings. The highest BCUT2D eigenvalue weighted by molar-refractivity contribution is 7.17. The van der Waals surface area contributed by atoms with Crippen molar-refractivity contribution in [1.82, 2.24) is 10.3 Å². The van der Waals surface area contributed by atoms with Gasteiger partial charge >= 0.3 is 12.1 Å². The molecule has 0 bridgehead atoms. The summed E-state index contributed by atoms with van der Waals surface area (Å²) in [5.74, 6) is -1.61. The lowest BCUT2D eigenvalue weighted by atomic mass is 9.98. The van der Waals surface area contributed by atoms with Crippen molar-refractivity contribution < 1.29 is 24.2 Å². The van der Waals surface area contributed by atoms with Gasteiger partial charge in [-0.05, 0) is 48.4 Å². The fraction of sp³-hybridized carbons (Fsp3) is 0.308. The first kappa shape index (κ1) is 23.0. The van der Waals surface area contributed by atoms with E-state index in [0.29, 0.717) is 29.8 Å². The predicted octanol–water partition coefficient (Wildman–Crippen LogP) is 4.80. The third-order valence-corrected chi connectivity index (χ3v) is 7.74. The van der Waals surface area contributed by atoms with Gasteiger partial charge in [-0.3, -0.25) is 14.9 Å². The fourth-order valence-electron chi connectivity index (χ4n) is 4.97. The summed E-state index contributed by atoms with van der Waals surface area (Å²) in [6.07, 6.45) is 0.971. The number of nitrogens with one attached hydrogen (secondary N) is 2. The molecule has 2 atom stereocenters. The zero-order chi connectivity index (χ0) is 24.5. The highest BCUT2D eigenvalue weighted by atomic mass is 32.1. The van der Waals surface area contributed by atoms with Gasteiger partial charge in [-0.2, -0.15) is 0 Å². The van der Waals surface area contributed by atoms with E-state index >= 15 is 0 Å². The third kappa shape index (κ3) is 4.64. The van der Waals surface area contributed by atoms with Gasteiger partial charge in [0.15, 0.2) is 5.13 Å². The Morgan fingerprint density at radius 2 is 1.71 bits per heavy atom. The van der Waals surface area contributed by atoms with Gasteiger partial charge in [0, 0.05) is 12.0 Å². The molecule has 2 amide bonds. The Kier molecular flexibility index (Phi) is 6.25. The number of aromatic nitrogens is 1. The van der Waals surface area contributed by atoms with Crippen LogP contribution in [-0.4, -0.2) is 40.7 Å². The maximum atomic E-state index is 12.7. The number of nitrogens with zero attached hydrogens (tertiary/aromatic N) is 1. The Bertz CT molecular complexity index is 1260. The average molecular weight is 492 g/mol. The minimum Gasteiger partial charge on any atom is -0.481 e. The maximum Gasteiger partial charge on any atom is 0.413 e. The number of carbonyl (C=O) groups is 3. The van der Waals surface area contributed by atoms with Crippen molar-refractivity contribution in [3.8, 4) is 11.1 Å². The molecule has 1 heterocycles. The van der Waals surface area contributed by atoms with Crippen LogP contribution in [0.5, 0.6) is 0 Å². The van der Waals surface area contributed by atoms with Crippen LogP contribution in [0, 0.1) is 12.8 Å². The molecule has 2 aliphatic rings. The van der Waals surface area contributed by atoms with Crippen molar-refractivity contribution in [3.05, 3.63) is 70.2 Å². The van der Waals surface area contributed by atoms with Gasteiger partial charge in [-0.1, -0.05) is 59.9 Å². The van der Waals surface area contributed by atoms with Crippen LogP contribution in [-0.2, 0) is 9.53 Å². The number of rotatable bonds is 6. The molecule has 1 aromatic heterocycles. The van der Waals surface area contributed by atoms with E-state index in [1.165, 1.54) is 0 Å². The van der Waals surface area contributed by atoms with Gasteiger partial charge in [0.2, 0.25) is 0 Å². The van der Waals surface area contributed by atoms with Crippen molar-refractivity contribution >= 4 is 34.4 Å². The first-order valence-corrected chi connectivity index (χ1v) is 12.4. The molecule has 180 valence electrons. The van der Waals surface area contributed by atoms with Crippen molar-refractivity contribution in [2.24, 2.45) is 5.92 Å². The average Bonchev–Trinajstić information content (AvgIpc) is 3.54. The van der Waals surface area contributed by atoms with Crippen LogP contribution in [0.15, 0.2) is 48.5 Å². The lowest BCUT2D eigenvalue weighted by Crippen LogP contribution is -2.33. The Morgan fingerprint density at radius 1 is 1.06 bits per heavy atom. The van der Waals surface area contributed by atoms with Crippen LogP contribution >= 0.6 is 11.3 Å². The molecule has 1 saturated carbocycles. The number of anilines is 1. The molecular weight excluding hydrogens is 466 g/mol. The van der Waals surface area contributed by atoms with E-state index in [1.807, 2.05) is 24.3 Å². The number of carbonyl (C=O) groups excluding carboxylic acids is 2. The Morgan fingerprint density at radius 3 is 2.34 bits per heavy atom. The number of fused-ring (bicyclic) bond motifs is 3. The number of carboxylic acids is 1. The minimum absolute atomic E-state index is 0.0476. The molecule has 0 saturated heterocycles. The van der Waals surface area contributed by atoms with Crippen LogP contribution in [0.1, 0.15) is 51.7 Å². The summed E-state index contributed by atoms with van der Waals surface area (Å²) in [4.78, 5) is 41.1. The number of hydrogen-bond acceptors (Lipinski definition) is 6. The second-order valence-electron chi connectivity index (χ2n) is 8.90. The summed E-state index contributed by atoms with van der Waals surface area (Å²) in [5.41, 5.74) is 5.06. The number of carboxylic acid groups (broad SMARTS) is 1. The molecular formula is C26H25N3O5S. The van der Waals surface area contributed by atoms with Crippen LogP contribution < -0.4 is 10.6 Å². The minimum atomic E-state index is -0.828. The van der Waals surface area contributed by atoms with E-state index in [4.69, 9.17) is 9.84 Å². The zero-order valence-corrected chi connectivity index (χ0v) is 19.9. The van der Waals surface area contributed by atoms with E-state index in [1.54, 1.807) is 6.92 Å². The third-order valence-electron chi connectivity index (χ3n) is 6.67. The number of aryl methyl sites for hydroxylation is 1. The van der Waals surface area contributed by atoms with Gasteiger partial charge in [0.1, 0.15) is 11.5 Å². The summed E-state index contributed by atoms with van der Waals surface area (Å²) in [7, 11) is 0. The van der Waals surface area contributed by atoms with Crippen molar-refractivity contribution in [2.75, 3.05) is 11.9 Å². The number of amides is 2. The molecule has 9 heteroatoms. The molecule has 0 spiro atoms. The van der Waals surface area contributed by atoms with Gasteiger partial charge in [0.05, 0.1) is 11.6 Å². The quantitative estimate of drug-likeness (QED) is 0.456. The Hall–Kier alpha value is -3.72. The van der Waals surface area contributed by atoms with E-state index in [2.05, 4.69) is 39.9 Å². The lowest BCUT2D eigenvalue weighted by molar-refractivity contribution is -0.141. The van der Waals surface area contributed by atoms with Crippen molar-refractivity contribution in [1.29, 1.82) is 0 Å². The summed E-state index contributed by atoms with van der Waals surface area (Å²) >= 11 is 1.07. The molecule has 2 aliphatic carbocycles. The van der Waals surface area contributed by atoms with Gasteiger partial charge in [-0.15, -0.1) is 0 Å². The standard InChI is InChI=1S/C26H25N3O5S/c1-14-22(23(30)28-16-11-10-15(12-16)24(31)32)35-25(27-14)29-26(33)34-13-21-19-8-4-2-6-17(19)18-7-3-5-9-20(18)21/h2-9,15-16,21H,10-13H2,1H3,(H,28,30)(H,31,32)(H,27,29,33). The predicted molar refractivity (Wildman–Crippen MR) is 132 cm³/mol. The number of ether oxygens (including phenoxy) is 1. The van der Waals surface area contributed by atoms with Crippen molar-refractivity contribution in [3.63, 3.8) is 0 Å². The zero-order valence-electron chi connectivity index (χ0n) is 19.1. The van der Waals surface area contributed by atoms with Crippen LogP contribution in [0.2, 0.25) is 0 Å². The smallest absolute Gasteiger partial charge is 0.413 e. The first-order chi connectivity index (χ1) is 16.9. The van der Waals surface area contributed by atoms with Crippen LogP contribution in [0.3, 0.4) is 0 Å². The molecule has 0 aliphatic heterocycles. The van der Waals surface area contributed by atoms with Crippen LogP contribution in [0.4, 0.5) is 9.93 Å². The highest BCUT2D eigenvalue weighted by Crippen LogP contribution is 2.44. The molecule has 2 unspecified atom stereocenters.